The Hall–Kier alpha value is -0.860. The largest absolute Gasteiger partial charge is 0.391 e. The van der Waals surface area contributed by atoms with Gasteiger partial charge < -0.3 is 9.84 Å². The van der Waals surface area contributed by atoms with Crippen molar-refractivity contribution in [2.45, 2.75) is 58.7 Å². The lowest BCUT2D eigenvalue weighted by Crippen LogP contribution is -2.24. The van der Waals surface area contributed by atoms with Crippen molar-refractivity contribution in [1.29, 1.82) is 0 Å². The van der Waals surface area contributed by atoms with Gasteiger partial charge in [0, 0.05) is 5.92 Å². The number of benzene rings is 1. The average molecular weight is 250 g/mol. The number of hydrogen-bond donors (Lipinski definition) is 1. The van der Waals surface area contributed by atoms with Crippen molar-refractivity contribution in [3.8, 4) is 0 Å². The van der Waals surface area contributed by atoms with Gasteiger partial charge in [-0.3, -0.25) is 0 Å². The van der Waals surface area contributed by atoms with Crippen LogP contribution in [0.25, 0.3) is 0 Å². The minimum absolute atomic E-state index is 0.186. The van der Waals surface area contributed by atoms with Crippen molar-refractivity contribution in [3.63, 3.8) is 0 Å². The fraction of sp³-hybridized carbons (Fsp3) is 0.625. The van der Waals surface area contributed by atoms with E-state index in [4.69, 9.17) is 4.74 Å². The van der Waals surface area contributed by atoms with Crippen LogP contribution in [-0.2, 0) is 4.74 Å². The van der Waals surface area contributed by atoms with Gasteiger partial charge in [-0.25, -0.2) is 0 Å². The van der Waals surface area contributed by atoms with E-state index >= 15 is 0 Å². The van der Waals surface area contributed by atoms with E-state index in [-0.39, 0.29) is 6.10 Å². The summed E-state index contributed by atoms with van der Waals surface area (Å²) >= 11 is 0. The van der Waals surface area contributed by atoms with Crippen LogP contribution in [0.1, 0.15) is 50.7 Å². The van der Waals surface area contributed by atoms with Crippen molar-refractivity contribution >= 4 is 0 Å². The Morgan fingerprint density at radius 1 is 1.28 bits per heavy atom. The van der Waals surface area contributed by atoms with Gasteiger partial charge in [0.25, 0.3) is 0 Å². The van der Waals surface area contributed by atoms with Crippen LogP contribution in [0, 0.1) is 6.92 Å². The minimum atomic E-state index is -0.394. The molecule has 0 spiro atoms. The molecule has 102 valence electrons. The highest BCUT2D eigenvalue weighted by molar-refractivity contribution is 5.25. The number of ether oxygens (including phenoxy) is 1. The zero-order valence-corrected chi connectivity index (χ0v) is 12.0. The van der Waals surface area contributed by atoms with E-state index < -0.39 is 6.10 Å². The molecule has 0 aliphatic heterocycles. The quantitative estimate of drug-likeness (QED) is 0.800. The summed E-state index contributed by atoms with van der Waals surface area (Å²) in [6.07, 6.45) is 1.92. The molecule has 3 atom stereocenters. The molecule has 18 heavy (non-hydrogen) atoms. The molecule has 0 fully saturated rings. The molecule has 0 bridgehead atoms. The Labute approximate surface area is 111 Å². The Balaban J connectivity index is 2.71. The Kier molecular flexibility index (Phi) is 6.37. The molecule has 1 N–H and O–H groups in total. The van der Waals surface area contributed by atoms with Crippen LogP contribution in [0.4, 0.5) is 0 Å². The van der Waals surface area contributed by atoms with Gasteiger partial charge >= 0.3 is 0 Å². The highest BCUT2D eigenvalue weighted by atomic mass is 16.5. The van der Waals surface area contributed by atoms with Crippen molar-refractivity contribution in [1.82, 2.24) is 0 Å². The number of aryl methyl sites for hydroxylation is 1. The maximum atomic E-state index is 9.34. The van der Waals surface area contributed by atoms with E-state index in [2.05, 4.69) is 45.0 Å². The van der Waals surface area contributed by atoms with Crippen molar-refractivity contribution in [2.24, 2.45) is 0 Å². The summed E-state index contributed by atoms with van der Waals surface area (Å²) in [5.41, 5.74) is 2.60. The zero-order chi connectivity index (χ0) is 13.5. The lowest BCUT2D eigenvalue weighted by molar-refractivity contribution is -0.0164. The van der Waals surface area contributed by atoms with Gasteiger partial charge in [0.15, 0.2) is 0 Å². The third-order valence-corrected chi connectivity index (χ3v) is 3.25. The molecule has 0 aromatic heterocycles. The summed E-state index contributed by atoms with van der Waals surface area (Å²) in [6, 6.07) is 8.59. The number of hydrogen-bond acceptors (Lipinski definition) is 2. The molecule has 1 unspecified atom stereocenters. The summed E-state index contributed by atoms with van der Waals surface area (Å²) in [4.78, 5) is 0. The zero-order valence-electron chi connectivity index (χ0n) is 12.0. The highest BCUT2D eigenvalue weighted by Gasteiger charge is 2.19. The topological polar surface area (TPSA) is 29.5 Å². The van der Waals surface area contributed by atoms with Gasteiger partial charge in [-0.15, -0.1) is 0 Å². The third-order valence-electron chi connectivity index (χ3n) is 3.25. The molecule has 1 aromatic carbocycles. The molecule has 1 aromatic rings. The predicted octanol–water partition coefficient (Wildman–Crippen LogP) is 3.66. The second kappa shape index (κ2) is 7.55. The van der Waals surface area contributed by atoms with Gasteiger partial charge in [-0.05, 0) is 25.8 Å². The number of aliphatic hydroxyl groups excluding tert-OH is 1. The molecule has 0 saturated heterocycles. The number of aliphatic hydroxyl groups is 1. The summed E-state index contributed by atoms with van der Waals surface area (Å²) in [6.45, 7) is 8.67. The Morgan fingerprint density at radius 2 is 2.00 bits per heavy atom. The van der Waals surface area contributed by atoms with Gasteiger partial charge in [0.2, 0.25) is 0 Å². The van der Waals surface area contributed by atoms with Crippen molar-refractivity contribution in [3.05, 3.63) is 35.4 Å². The Bertz CT molecular complexity index is 347. The summed E-state index contributed by atoms with van der Waals surface area (Å²) in [7, 11) is 0. The number of rotatable bonds is 7. The van der Waals surface area contributed by atoms with Crippen LogP contribution in [0.15, 0.2) is 24.3 Å². The van der Waals surface area contributed by atoms with Crippen LogP contribution in [-0.4, -0.2) is 23.9 Å². The lowest BCUT2D eigenvalue weighted by atomic mass is 9.91. The van der Waals surface area contributed by atoms with Crippen LogP contribution in [0.2, 0.25) is 0 Å². The summed E-state index contributed by atoms with van der Waals surface area (Å²) in [5, 5.41) is 9.34. The lowest BCUT2D eigenvalue weighted by Gasteiger charge is -2.25. The normalized spacial score (nSPS) is 16.3. The smallest absolute Gasteiger partial charge is 0.0745 e. The van der Waals surface area contributed by atoms with E-state index in [9.17, 15) is 5.11 Å². The second-order valence-corrected chi connectivity index (χ2v) is 5.21. The van der Waals surface area contributed by atoms with Crippen LogP contribution in [0.3, 0.4) is 0 Å². The van der Waals surface area contributed by atoms with Gasteiger partial charge in [-0.1, -0.05) is 50.1 Å². The molecule has 2 heteroatoms. The first-order chi connectivity index (χ1) is 8.54. The molecule has 0 saturated carbocycles. The molecule has 0 aliphatic rings. The molecular formula is C16H26O2. The minimum Gasteiger partial charge on any atom is -0.391 e. The van der Waals surface area contributed by atoms with Crippen LogP contribution < -0.4 is 0 Å². The first kappa shape index (κ1) is 15.2. The van der Waals surface area contributed by atoms with E-state index in [1.165, 1.54) is 11.1 Å². The van der Waals surface area contributed by atoms with E-state index in [1.807, 2.05) is 0 Å². The summed E-state index contributed by atoms with van der Waals surface area (Å²) < 4.78 is 5.85. The SMILES string of the molecule is CCC[C@@H](OCC(C)O)[C@H](C)c1cccc(C)c1. The van der Waals surface area contributed by atoms with Gasteiger partial charge in [0.1, 0.15) is 0 Å². The molecule has 0 heterocycles. The second-order valence-electron chi connectivity index (χ2n) is 5.21. The fourth-order valence-electron chi connectivity index (χ4n) is 2.19. The van der Waals surface area contributed by atoms with Crippen molar-refractivity contribution in [2.75, 3.05) is 6.61 Å². The summed E-state index contributed by atoms with van der Waals surface area (Å²) in [5.74, 6) is 0.364. The third kappa shape index (κ3) is 4.79. The standard InChI is InChI=1S/C16H26O2/c1-5-7-16(18-11-13(3)17)14(4)15-9-6-8-12(2)10-15/h6,8-10,13-14,16-17H,5,7,11H2,1-4H3/t13?,14-,16-/m1/s1. The molecule has 0 radical (unpaired) electrons. The van der Waals surface area contributed by atoms with Gasteiger partial charge in [0.05, 0.1) is 18.8 Å². The molecule has 0 aliphatic carbocycles. The first-order valence-electron chi connectivity index (χ1n) is 6.90. The maximum absolute atomic E-state index is 9.34. The van der Waals surface area contributed by atoms with E-state index in [1.54, 1.807) is 6.92 Å². The van der Waals surface area contributed by atoms with E-state index in [0.717, 1.165) is 12.8 Å². The van der Waals surface area contributed by atoms with Crippen LogP contribution >= 0.6 is 0 Å². The van der Waals surface area contributed by atoms with Crippen molar-refractivity contribution < 1.29 is 9.84 Å². The first-order valence-corrected chi connectivity index (χ1v) is 6.90. The maximum Gasteiger partial charge on any atom is 0.0745 e. The molecular weight excluding hydrogens is 224 g/mol. The highest BCUT2D eigenvalue weighted by Crippen LogP contribution is 2.25. The molecule has 1 rings (SSSR count). The Morgan fingerprint density at radius 3 is 2.56 bits per heavy atom. The van der Waals surface area contributed by atoms with Crippen LogP contribution in [0.5, 0.6) is 0 Å². The van der Waals surface area contributed by atoms with Gasteiger partial charge in [-0.2, -0.15) is 0 Å². The van der Waals surface area contributed by atoms with E-state index in [0.29, 0.717) is 12.5 Å². The monoisotopic (exact) mass is 250 g/mol. The average Bonchev–Trinajstić information content (AvgIpc) is 2.33. The molecule has 2 nitrogen and oxygen atoms in total. The fourth-order valence-corrected chi connectivity index (χ4v) is 2.19. The predicted molar refractivity (Wildman–Crippen MR) is 75.9 cm³/mol. The molecule has 0 amide bonds.